The molecule has 1 aromatic carbocycles. The van der Waals surface area contributed by atoms with E-state index in [1.165, 1.54) is 24.4 Å². The van der Waals surface area contributed by atoms with Gasteiger partial charge in [0.1, 0.15) is 11.4 Å². The number of fused-ring (bicyclic) bond motifs is 1. The minimum atomic E-state index is -2.86. The van der Waals surface area contributed by atoms with Crippen molar-refractivity contribution in [3.8, 4) is 5.75 Å². The van der Waals surface area contributed by atoms with Gasteiger partial charge in [0.2, 0.25) is 0 Å². The van der Waals surface area contributed by atoms with Crippen LogP contribution in [0.2, 0.25) is 0 Å². The number of hydrogen-bond donors (Lipinski definition) is 1. The lowest BCUT2D eigenvalue weighted by molar-refractivity contribution is -0.0497. The van der Waals surface area contributed by atoms with E-state index in [4.69, 9.17) is 0 Å². The number of nitrogens with one attached hydrogen (secondary N) is 1. The van der Waals surface area contributed by atoms with Crippen molar-refractivity contribution in [1.82, 2.24) is 4.98 Å². The Hall–Kier alpha value is -1.98. The molecule has 1 heterocycles. The fourth-order valence-corrected chi connectivity index (χ4v) is 1.34. The summed E-state index contributed by atoms with van der Waals surface area (Å²) in [5.41, 5.74) is 0.774. The van der Waals surface area contributed by atoms with Gasteiger partial charge in [-0.3, -0.25) is 0 Å². The molecular formula is C9H6F2N2O2. The Labute approximate surface area is 82.8 Å². The summed E-state index contributed by atoms with van der Waals surface area (Å²) in [5.74, 6) is 0.0387. The van der Waals surface area contributed by atoms with Crippen molar-refractivity contribution in [2.24, 2.45) is 5.18 Å². The second kappa shape index (κ2) is 3.64. The van der Waals surface area contributed by atoms with E-state index in [1.807, 2.05) is 0 Å². The smallest absolute Gasteiger partial charge is 0.387 e. The molecule has 0 atom stereocenters. The van der Waals surface area contributed by atoms with Crippen LogP contribution >= 0.6 is 0 Å². The summed E-state index contributed by atoms with van der Waals surface area (Å²) in [6.07, 6.45) is 1.41. The largest absolute Gasteiger partial charge is 0.435 e. The fourth-order valence-electron chi connectivity index (χ4n) is 1.34. The lowest BCUT2D eigenvalue weighted by Gasteiger charge is -2.03. The molecule has 0 unspecified atom stereocenters. The zero-order valence-electron chi connectivity index (χ0n) is 7.41. The van der Waals surface area contributed by atoms with Crippen molar-refractivity contribution in [3.05, 3.63) is 29.3 Å². The average Bonchev–Trinajstić information content (AvgIpc) is 2.58. The third-order valence-electron chi connectivity index (χ3n) is 1.95. The van der Waals surface area contributed by atoms with E-state index in [0.717, 1.165) is 0 Å². The summed E-state index contributed by atoms with van der Waals surface area (Å²) in [7, 11) is 0. The molecule has 6 heteroatoms. The summed E-state index contributed by atoms with van der Waals surface area (Å²) in [6, 6.07) is 4.24. The number of aromatic nitrogens is 1. The Morgan fingerprint density at radius 1 is 1.40 bits per heavy atom. The van der Waals surface area contributed by atoms with Gasteiger partial charge in [0.25, 0.3) is 0 Å². The first kappa shape index (κ1) is 9.57. The number of hydrogen-bond acceptors (Lipinski definition) is 3. The minimum absolute atomic E-state index is 0.0387. The van der Waals surface area contributed by atoms with Crippen LogP contribution in [0.25, 0.3) is 10.9 Å². The molecule has 2 aromatic rings. The van der Waals surface area contributed by atoms with Crippen LogP contribution in [0.3, 0.4) is 0 Å². The minimum Gasteiger partial charge on any atom is -0.435 e. The van der Waals surface area contributed by atoms with Crippen LogP contribution in [-0.4, -0.2) is 11.6 Å². The molecule has 0 bridgehead atoms. The van der Waals surface area contributed by atoms with Crippen LogP contribution in [0.1, 0.15) is 0 Å². The van der Waals surface area contributed by atoms with Gasteiger partial charge in [-0.2, -0.15) is 8.78 Å². The van der Waals surface area contributed by atoms with E-state index in [2.05, 4.69) is 14.9 Å². The van der Waals surface area contributed by atoms with Gasteiger partial charge in [-0.05, 0) is 17.3 Å². The van der Waals surface area contributed by atoms with Gasteiger partial charge >= 0.3 is 6.61 Å². The standard InChI is InChI=1S/C9H6F2N2O2/c10-9(11)15-5-1-2-6-7(3-5)12-4-8(6)13-14/h1-4,9,12H. The molecule has 0 aliphatic carbocycles. The number of rotatable bonds is 3. The maximum atomic E-state index is 11.9. The third kappa shape index (κ3) is 1.78. The quantitative estimate of drug-likeness (QED) is 0.794. The van der Waals surface area contributed by atoms with Crippen LogP contribution in [0.15, 0.2) is 29.6 Å². The molecule has 0 spiro atoms. The third-order valence-corrected chi connectivity index (χ3v) is 1.95. The summed E-state index contributed by atoms with van der Waals surface area (Å²) < 4.78 is 28.0. The molecule has 2 rings (SSSR count). The predicted molar refractivity (Wildman–Crippen MR) is 50.4 cm³/mol. The van der Waals surface area contributed by atoms with E-state index >= 15 is 0 Å². The van der Waals surface area contributed by atoms with Crippen LogP contribution in [0.5, 0.6) is 5.75 Å². The van der Waals surface area contributed by atoms with Gasteiger partial charge < -0.3 is 9.72 Å². The van der Waals surface area contributed by atoms with E-state index in [9.17, 15) is 13.7 Å². The SMILES string of the molecule is O=Nc1c[nH]c2cc(OC(F)F)ccc12. The maximum Gasteiger partial charge on any atom is 0.387 e. The highest BCUT2D eigenvalue weighted by Crippen LogP contribution is 2.28. The van der Waals surface area contributed by atoms with Crippen molar-refractivity contribution >= 4 is 16.6 Å². The Bertz CT molecular complexity index is 496. The molecule has 0 fully saturated rings. The maximum absolute atomic E-state index is 11.9. The normalized spacial score (nSPS) is 10.9. The molecule has 15 heavy (non-hydrogen) atoms. The first-order valence-electron chi connectivity index (χ1n) is 4.10. The second-order valence-electron chi connectivity index (χ2n) is 2.85. The molecule has 0 saturated heterocycles. The first-order valence-corrected chi connectivity index (χ1v) is 4.10. The van der Waals surface area contributed by atoms with Crippen molar-refractivity contribution in [2.75, 3.05) is 0 Å². The zero-order valence-corrected chi connectivity index (χ0v) is 7.41. The number of aromatic amines is 1. The van der Waals surface area contributed by atoms with E-state index < -0.39 is 6.61 Å². The molecule has 0 aliphatic rings. The van der Waals surface area contributed by atoms with Gasteiger partial charge in [-0.25, -0.2) is 0 Å². The fraction of sp³-hybridized carbons (Fsp3) is 0.111. The Morgan fingerprint density at radius 3 is 2.87 bits per heavy atom. The molecule has 0 saturated carbocycles. The number of H-pyrrole nitrogens is 1. The number of halogens is 2. The Morgan fingerprint density at radius 2 is 2.20 bits per heavy atom. The summed E-state index contributed by atoms with van der Waals surface area (Å²) in [6.45, 7) is -2.86. The monoisotopic (exact) mass is 212 g/mol. The molecule has 0 aliphatic heterocycles. The number of alkyl halides is 2. The van der Waals surface area contributed by atoms with Gasteiger partial charge in [-0.1, -0.05) is 0 Å². The highest BCUT2D eigenvalue weighted by Gasteiger charge is 2.08. The van der Waals surface area contributed by atoms with Gasteiger partial charge in [0, 0.05) is 17.6 Å². The molecule has 4 nitrogen and oxygen atoms in total. The van der Waals surface area contributed by atoms with Crippen LogP contribution < -0.4 is 4.74 Å². The molecule has 0 amide bonds. The van der Waals surface area contributed by atoms with Crippen molar-refractivity contribution in [3.63, 3.8) is 0 Å². The number of nitroso groups, excluding NO2 is 1. The van der Waals surface area contributed by atoms with Crippen molar-refractivity contribution < 1.29 is 13.5 Å². The Balaban J connectivity index is 2.44. The number of nitrogens with zero attached hydrogens (tertiary/aromatic N) is 1. The number of ether oxygens (including phenoxy) is 1. The second-order valence-corrected chi connectivity index (χ2v) is 2.85. The van der Waals surface area contributed by atoms with Crippen molar-refractivity contribution in [2.45, 2.75) is 6.61 Å². The molecular weight excluding hydrogens is 206 g/mol. The van der Waals surface area contributed by atoms with Crippen LogP contribution in [-0.2, 0) is 0 Å². The summed E-state index contributed by atoms with van der Waals surface area (Å²) in [5, 5.41) is 3.35. The van der Waals surface area contributed by atoms with Gasteiger partial charge in [0.05, 0.1) is 5.52 Å². The van der Waals surface area contributed by atoms with Crippen LogP contribution in [0.4, 0.5) is 14.5 Å². The van der Waals surface area contributed by atoms with Gasteiger partial charge in [-0.15, -0.1) is 4.91 Å². The Kier molecular flexibility index (Phi) is 2.32. The first-order chi connectivity index (χ1) is 7.20. The van der Waals surface area contributed by atoms with E-state index in [0.29, 0.717) is 10.9 Å². The molecule has 0 radical (unpaired) electrons. The average molecular weight is 212 g/mol. The van der Waals surface area contributed by atoms with E-state index in [1.54, 1.807) is 0 Å². The lowest BCUT2D eigenvalue weighted by Crippen LogP contribution is -2.01. The zero-order chi connectivity index (χ0) is 10.8. The molecule has 1 aromatic heterocycles. The predicted octanol–water partition coefficient (Wildman–Crippen LogP) is 3.17. The summed E-state index contributed by atoms with van der Waals surface area (Å²) in [4.78, 5) is 13.1. The lowest BCUT2D eigenvalue weighted by atomic mass is 10.2. The molecule has 78 valence electrons. The highest BCUT2D eigenvalue weighted by molar-refractivity contribution is 5.91. The van der Waals surface area contributed by atoms with Crippen LogP contribution in [0, 0.1) is 4.91 Å². The topological polar surface area (TPSA) is 54.5 Å². The molecule has 1 N–H and O–H groups in total. The summed E-state index contributed by atoms with van der Waals surface area (Å²) >= 11 is 0. The van der Waals surface area contributed by atoms with E-state index in [-0.39, 0.29) is 11.4 Å². The number of benzene rings is 1. The van der Waals surface area contributed by atoms with Crippen molar-refractivity contribution in [1.29, 1.82) is 0 Å². The van der Waals surface area contributed by atoms with Gasteiger partial charge in [0.15, 0.2) is 0 Å². The highest BCUT2D eigenvalue weighted by atomic mass is 19.3.